The zero-order chi connectivity index (χ0) is 16.8. The summed E-state index contributed by atoms with van der Waals surface area (Å²) in [5.41, 5.74) is -6.32. The van der Waals surface area contributed by atoms with Crippen molar-refractivity contribution in [3.8, 4) is 0 Å². The first-order chi connectivity index (χ1) is 9.25. The number of nitrogens with zero attached hydrogens (tertiary/aromatic N) is 2. The van der Waals surface area contributed by atoms with Gasteiger partial charge in [0.2, 0.25) is 0 Å². The Morgan fingerprint density at radius 3 is 1.95 bits per heavy atom. The van der Waals surface area contributed by atoms with Gasteiger partial charge >= 0.3 is 18.3 Å². The van der Waals surface area contributed by atoms with Gasteiger partial charge in [0.1, 0.15) is 11.3 Å². The highest BCUT2D eigenvalue weighted by atomic mass is 79.9. The van der Waals surface area contributed by atoms with Gasteiger partial charge < -0.3 is 0 Å². The third-order valence-corrected chi connectivity index (χ3v) is 2.88. The zero-order valence-corrected chi connectivity index (χ0v) is 11.5. The van der Waals surface area contributed by atoms with Crippen LogP contribution >= 0.6 is 15.9 Å². The van der Waals surface area contributed by atoms with Gasteiger partial charge in [-0.15, -0.1) is 0 Å². The molecule has 0 atom stereocenters. The van der Waals surface area contributed by atoms with Crippen molar-refractivity contribution in [3.63, 3.8) is 0 Å². The molecule has 0 bridgehead atoms. The monoisotopic (exact) mass is 388 g/mol. The Morgan fingerprint density at radius 2 is 1.62 bits per heavy atom. The van der Waals surface area contributed by atoms with Gasteiger partial charge in [0, 0.05) is 7.05 Å². The highest BCUT2D eigenvalue weighted by Gasteiger charge is 2.64. The molecule has 0 aromatic carbocycles. The van der Waals surface area contributed by atoms with E-state index in [-0.39, 0.29) is 4.68 Å². The van der Waals surface area contributed by atoms with E-state index in [1.54, 1.807) is 0 Å². The lowest BCUT2D eigenvalue weighted by atomic mass is 10.1. The average Bonchev–Trinajstić information content (AvgIpc) is 2.64. The molecule has 1 aromatic heterocycles. The number of ketones is 1. The van der Waals surface area contributed by atoms with E-state index >= 15 is 0 Å². The van der Waals surface area contributed by atoms with Gasteiger partial charge in [-0.3, -0.25) is 9.48 Å². The minimum Gasteiger partial charge on any atom is -0.291 e. The Bertz CT molecular complexity index is 559. The molecule has 0 aliphatic carbocycles. The fourth-order valence-corrected chi connectivity index (χ4v) is 1.80. The minimum atomic E-state index is -6.28. The van der Waals surface area contributed by atoms with Crippen molar-refractivity contribution < 1.29 is 39.9 Å². The second-order valence-corrected chi connectivity index (χ2v) is 4.38. The van der Waals surface area contributed by atoms with E-state index in [2.05, 4.69) is 21.0 Å². The first-order valence-electron chi connectivity index (χ1n) is 4.93. The zero-order valence-electron chi connectivity index (χ0n) is 9.91. The molecule has 0 aliphatic heterocycles. The molecule has 0 aliphatic rings. The van der Waals surface area contributed by atoms with Crippen molar-refractivity contribution in [1.82, 2.24) is 9.78 Å². The molecule has 12 heteroatoms. The Balaban J connectivity index is 3.75. The molecule has 0 N–H and O–H groups in total. The van der Waals surface area contributed by atoms with Crippen LogP contribution in [0.2, 0.25) is 0 Å². The maximum atomic E-state index is 13.2. The van der Waals surface area contributed by atoms with Crippen molar-refractivity contribution in [2.45, 2.75) is 18.3 Å². The van der Waals surface area contributed by atoms with Crippen LogP contribution < -0.4 is 0 Å². The number of Topliss-reactive ketones (excluding diaryl/α,β-unsaturated/α-hetero) is 1. The fraction of sp³-hybridized carbons (Fsp3) is 0.556. The number of rotatable bonds is 3. The van der Waals surface area contributed by atoms with E-state index in [1.807, 2.05) is 0 Å². The van der Waals surface area contributed by atoms with Gasteiger partial charge in [-0.25, -0.2) is 0 Å². The minimum absolute atomic E-state index is 0.0569. The lowest BCUT2D eigenvalue weighted by molar-refractivity contribution is -0.292. The summed E-state index contributed by atoms with van der Waals surface area (Å²) in [6.07, 6.45) is -11.9. The Morgan fingerprint density at radius 1 is 1.14 bits per heavy atom. The van der Waals surface area contributed by atoms with Gasteiger partial charge in [0.05, 0.1) is 5.33 Å². The quantitative estimate of drug-likeness (QED) is 0.449. The van der Waals surface area contributed by atoms with Crippen LogP contribution in [-0.2, 0) is 19.1 Å². The van der Waals surface area contributed by atoms with Crippen LogP contribution in [0.25, 0.3) is 0 Å². The van der Waals surface area contributed by atoms with Gasteiger partial charge in [0.25, 0.3) is 0 Å². The van der Waals surface area contributed by atoms with Crippen LogP contribution in [0.1, 0.15) is 21.7 Å². The molecule has 1 aromatic rings. The lowest BCUT2D eigenvalue weighted by Crippen LogP contribution is -2.36. The maximum Gasteiger partial charge on any atom is 0.459 e. The summed E-state index contributed by atoms with van der Waals surface area (Å²) in [7, 11) is 0.668. The van der Waals surface area contributed by atoms with Crippen LogP contribution in [0.4, 0.5) is 35.1 Å². The molecular formula is C9H5BrF8N2O. The van der Waals surface area contributed by atoms with E-state index in [0.29, 0.717) is 7.05 Å². The number of carbonyl (C=O) groups is 1. The number of aromatic nitrogens is 2. The number of alkyl halides is 9. The number of aryl methyl sites for hydroxylation is 1. The number of halogens is 9. The van der Waals surface area contributed by atoms with E-state index in [9.17, 15) is 39.9 Å². The average molecular weight is 389 g/mol. The highest BCUT2D eigenvalue weighted by Crippen LogP contribution is 2.48. The van der Waals surface area contributed by atoms with Crippen molar-refractivity contribution in [1.29, 1.82) is 0 Å². The van der Waals surface area contributed by atoms with Crippen LogP contribution in [-0.4, -0.2) is 27.1 Å². The smallest absolute Gasteiger partial charge is 0.291 e. The Labute approximate surface area is 120 Å². The third kappa shape index (κ3) is 3.04. The number of hydrogen-bond acceptors (Lipinski definition) is 2. The van der Waals surface area contributed by atoms with Crippen molar-refractivity contribution in [2.24, 2.45) is 7.05 Å². The van der Waals surface area contributed by atoms with E-state index in [0.717, 1.165) is 0 Å². The molecule has 120 valence electrons. The molecule has 0 saturated carbocycles. The summed E-state index contributed by atoms with van der Waals surface area (Å²) in [4.78, 5) is 11.4. The molecule has 0 amide bonds. The van der Waals surface area contributed by atoms with Gasteiger partial charge in [0.15, 0.2) is 11.5 Å². The summed E-state index contributed by atoms with van der Waals surface area (Å²) in [6, 6.07) is 0. The molecule has 0 spiro atoms. The van der Waals surface area contributed by atoms with Gasteiger partial charge in [-0.1, -0.05) is 15.9 Å². The van der Waals surface area contributed by atoms with Gasteiger partial charge in [-0.05, 0) is 0 Å². The highest BCUT2D eigenvalue weighted by molar-refractivity contribution is 9.09. The van der Waals surface area contributed by atoms with Crippen LogP contribution in [0.5, 0.6) is 0 Å². The Kier molecular flexibility index (Phi) is 4.43. The molecule has 0 saturated heterocycles. The standard InChI is InChI=1S/C9H5BrF8N2O/c1-20-5(3(21)2-10)4(8(13,14)15)6(19-20)7(11,12)9(16,17)18/h2H2,1H3. The normalized spacial score (nSPS) is 13.6. The summed E-state index contributed by atoms with van der Waals surface area (Å²) in [5.74, 6) is -7.18. The summed E-state index contributed by atoms with van der Waals surface area (Å²) in [6.45, 7) is 0. The van der Waals surface area contributed by atoms with Crippen LogP contribution in [0, 0.1) is 0 Å². The molecule has 1 heterocycles. The SMILES string of the molecule is Cn1nc(C(F)(F)C(F)(F)F)c(C(F)(F)F)c1C(=O)CBr. The van der Waals surface area contributed by atoms with Crippen molar-refractivity contribution >= 4 is 21.7 Å². The second kappa shape index (κ2) is 5.21. The molecule has 21 heavy (non-hydrogen) atoms. The number of hydrogen-bond donors (Lipinski definition) is 0. The van der Waals surface area contributed by atoms with E-state index < -0.39 is 46.3 Å². The number of carbonyl (C=O) groups excluding carboxylic acids is 1. The molecular weight excluding hydrogens is 384 g/mol. The second-order valence-electron chi connectivity index (χ2n) is 3.82. The first kappa shape index (κ1) is 17.9. The first-order valence-corrected chi connectivity index (χ1v) is 6.05. The van der Waals surface area contributed by atoms with Crippen LogP contribution in [0.3, 0.4) is 0 Å². The van der Waals surface area contributed by atoms with Crippen molar-refractivity contribution in [3.05, 3.63) is 17.0 Å². The molecule has 3 nitrogen and oxygen atoms in total. The summed E-state index contributed by atoms with van der Waals surface area (Å²) < 4.78 is 102. The van der Waals surface area contributed by atoms with Crippen molar-refractivity contribution in [2.75, 3.05) is 5.33 Å². The predicted molar refractivity (Wildman–Crippen MR) is 56.3 cm³/mol. The topological polar surface area (TPSA) is 34.9 Å². The molecule has 0 fully saturated rings. The Hall–Kier alpha value is -1.20. The summed E-state index contributed by atoms with van der Waals surface area (Å²) >= 11 is 2.52. The van der Waals surface area contributed by atoms with Gasteiger partial charge in [-0.2, -0.15) is 40.2 Å². The molecule has 0 unspecified atom stereocenters. The fourth-order valence-electron chi connectivity index (χ4n) is 1.53. The predicted octanol–water partition coefficient (Wildman–Crippen LogP) is 3.67. The molecule has 0 radical (unpaired) electrons. The molecule has 1 rings (SSSR count). The third-order valence-electron chi connectivity index (χ3n) is 2.37. The van der Waals surface area contributed by atoms with E-state index in [1.165, 1.54) is 0 Å². The maximum absolute atomic E-state index is 13.2. The van der Waals surface area contributed by atoms with E-state index in [4.69, 9.17) is 0 Å². The largest absolute Gasteiger partial charge is 0.459 e. The summed E-state index contributed by atoms with van der Waals surface area (Å²) in [5, 5.41) is 1.87. The van der Waals surface area contributed by atoms with Crippen LogP contribution in [0.15, 0.2) is 0 Å². The lowest BCUT2D eigenvalue weighted by Gasteiger charge is -2.19.